The number of carbonyl (C=O) groups excluding carboxylic acids is 2. The molecule has 3 aromatic rings. The average Bonchev–Trinajstić information content (AvgIpc) is 3.56. The minimum absolute atomic E-state index is 0.0234. The standard InChI is InChI=1S/C33H41N3O7S/c1-5-29(33(38)34-25-10-6-7-11-25)35(22-24-14-16-26(41-2)17-15-24)32(37)23-36(30-12-8-9-13-31(30)43-4)44(39,40)28-20-18-27(42-3)19-21-28/h8-9,12-21,25,29H,5-7,10-11,22-23H2,1-4H3,(H,34,38)/t29-/m1/s1. The molecule has 0 saturated heterocycles. The molecule has 10 nitrogen and oxygen atoms in total. The van der Waals surface area contributed by atoms with Crippen molar-refractivity contribution < 1.29 is 32.2 Å². The van der Waals surface area contributed by atoms with Crippen LogP contribution in [-0.4, -0.2) is 65.1 Å². The van der Waals surface area contributed by atoms with Crippen LogP contribution >= 0.6 is 0 Å². The smallest absolute Gasteiger partial charge is 0.264 e. The summed E-state index contributed by atoms with van der Waals surface area (Å²) in [6.45, 7) is 1.39. The topological polar surface area (TPSA) is 114 Å². The molecule has 3 aromatic carbocycles. The SMILES string of the molecule is CC[C@H](C(=O)NC1CCCC1)N(Cc1ccc(OC)cc1)C(=O)CN(c1ccccc1OC)S(=O)(=O)c1ccc(OC)cc1. The second-order valence-corrected chi connectivity index (χ2v) is 12.5. The largest absolute Gasteiger partial charge is 0.497 e. The van der Waals surface area contributed by atoms with Gasteiger partial charge in [-0.2, -0.15) is 0 Å². The number of ether oxygens (including phenoxy) is 3. The van der Waals surface area contributed by atoms with Crippen LogP contribution in [0.4, 0.5) is 5.69 Å². The molecule has 0 heterocycles. The average molecular weight is 624 g/mol. The van der Waals surface area contributed by atoms with Gasteiger partial charge in [0.05, 0.1) is 31.9 Å². The molecule has 0 aromatic heterocycles. The maximum Gasteiger partial charge on any atom is 0.264 e. The van der Waals surface area contributed by atoms with Gasteiger partial charge in [-0.15, -0.1) is 0 Å². The van der Waals surface area contributed by atoms with E-state index in [1.807, 2.05) is 19.1 Å². The Labute approximate surface area is 260 Å². The van der Waals surface area contributed by atoms with Crippen LogP contribution in [-0.2, 0) is 26.2 Å². The van der Waals surface area contributed by atoms with Crippen molar-refractivity contribution in [2.45, 2.75) is 62.6 Å². The fourth-order valence-electron chi connectivity index (χ4n) is 5.44. The minimum atomic E-state index is -4.26. The quantitative estimate of drug-likeness (QED) is 0.275. The van der Waals surface area contributed by atoms with E-state index in [2.05, 4.69) is 5.32 Å². The van der Waals surface area contributed by atoms with Crippen molar-refractivity contribution in [3.8, 4) is 17.2 Å². The zero-order valence-electron chi connectivity index (χ0n) is 25.7. The number of sulfonamides is 1. The highest BCUT2D eigenvalue weighted by Gasteiger charge is 2.35. The summed E-state index contributed by atoms with van der Waals surface area (Å²) in [6, 6.07) is 19.1. The Hall–Kier alpha value is -4.25. The van der Waals surface area contributed by atoms with Crippen molar-refractivity contribution in [2.24, 2.45) is 0 Å². The van der Waals surface area contributed by atoms with E-state index in [9.17, 15) is 18.0 Å². The van der Waals surface area contributed by atoms with Crippen LogP contribution in [0.25, 0.3) is 0 Å². The van der Waals surface area contributed by atoms with Crippen molar-refractivity contribution >= 4 is 27.5 Å². The lowest BCUT2D eigenvalue weighted by atomic mass is 10.1. The Morgan fingerprint density at radius 1 is 0.864 bits per heavy atom. The Balaban J connectivity index is 1.74. The van der Waals surface area contributed by atoms with Crippen molar-refractivity contribution in [3.63, 3.8) is 0 Å². The maximum absolute atomic E-state index is 14.3. The number of anilines is 1. The molecule has 44 heavy (non-hydrogen) atoms. The number of nitrogens with zero attached hydrogens (tertiary/aromatic N) is 2. The van der Waals surface area contributed by atoms with Crippen molar-refractivity contribution in [1.82, 2.24) is 10.2 Å². The lowest BCUT2D eigenvalue weighted by Crippen LogP contribution is -2.53. The molecule has 1 aliphatic carbocycles. The van der Waals surface area contributed by atoms with Crippen LogP contribution in [0.3, 0.4) is 0 Å². The fourth-order valence-corrected chi connectivity index (χ4v) is 6.86. The lowest BCUT2D eigenvalue weighted by Gasteiger charge is -2.34. The first kappa shape index (κ1) is 32.7. The number of benzene rings is 3. The normalized spacial score (nSPS) is 14.0. The highest BCUT2D eigenvalue weighted by atomic mass is 32.2. The highest BCUT2D eigenvalue weighted by Crippen LogP contribution is 2.33. The number of methoxy groups -OCH3 is 3. The molecule has 1 fully saturated rings. The summed E-state index contributed by atoms with van der Waals surface area (Å²) in [4.78, 5) is 29.4. The predicted octanol–water partition coefficient (Wildman–Crippen LogP) is 4.77. The second-order valence-electron chi connectivity index (χ2n) is 10.6. The molecule has 0 unspecified atom stereocenters. The number of hydrogen-bond donors (Lipinski definition) is 1. The van der Waals surface area contributed by atoms with Crippen LogP contribution in [0.5, 0.6) is 17.2 Å². The molecule has 1 atom stereocenters. The molecular formula is C33H41N3O7S. The summed E-state index contributed by atoms with van der Waals surface area (Å²) >= 11 is 0. The molecule has 0 spiro atoms. The van der Waals surface area contributed by atoms with Crippen LogP contribution in [0.1, 0.15) is 44.6 Å². The van der Waals surface area contributed by atoms with Gasteiger partial charge in [0.25, 0.3) is 10.0 Å². The van der Waals surface area contributed by atoms with E-state index in [1.165, 1.54) is 31.3 Å². The molecule has 0 radical (unpaired) electrons. The van der Waals surface area contributed by atoms with Gasteiger partial charge in [0.15, 0.2) is 0 Å². The number of para-hydroxylation sites is 2. The molecule has 1 saturated carbocycles. The van der Waals surface area contributed by atoms with E-state index in [0.717, 1.165) is 35.6 Å². The first-order chi connectivity index (χ1) is 21.2. The first-order valence-electron chi connectivity index (χ1n) is 14.7. The molecule has 11 heteroatoms. The van der Waals surface area contributed by atoms with Gasteiger partial charge >= 0.3 is 0 Å². The van der Waals surface area contributed by atoms with Gasteiger partial charge in [0.2, 0.25) is 11.8 Å². The van der Waals surface area contributed by atoms with E-state index in [-0.39, 0.29) is 34.8 Å². The summed E-state index contributed by atoms with van der Waals surface area (Å²) in [5, 5.41) is 3.12. The number of nitrogens with one attached hydrogen (secondary N) is 1. The van der Waals surface area contributed by atoms with Crippen LogP contribution in [0.2, 0.25) is 0 Å². The highest BCUT2D eigenvalue weighted by molar-refractivity contribution is 7.92. The predicted molar refractivity (Wildman–Crippen MR) is 169 cm³/mol. The van der Waals surface area contributed by atoms with Gasteiger partial charge in [0.1, 0.15) is 29.8 Å². The summed E-state index contributed by atoms with van der Waals surface area (Å²) in [5.74, 6) is 0.657. The summed E-state index contributed by atoms with van der Waals surface area (Å²) in [6.07, 6.45) is 4.24. The van der Waals surface area contributed by atoms with E-state index in [1.54, 1.807) is 55.6 Å². The zero-order valence-corrected chi connectivity index (χ0v) is 26.5. The third-order valence-electron chi connectivity index (χ3n) is 7.88. The Bertz CT molecular complexity index is 1510. The third kappa shape index (κ3) is 7.63. The third-order valence-corrected chi connectivity index (χ3v) is 9.65. The number of rotatable bonds is 14. The van der Waals surface area contributed by atoms with Gasteiger partial charge in [-0.05, 0) is 73.4 Å². The maximum atomic E-state index is 14.3. The van der Waals surface area contributed by atoms with Crippen molar-refractivity contribution in [3.05, 3.63) is 78.4 Å². The molecule has 236 valence electrons. The Morgan fingerprint density at radius 3 is 2.02 bits per heavy atom. The van der Waals surface area contributed by atoms with Gasteiger partial charge in [-0.25, -0.2) is 8.42 Å². The Kier molecular flexibility index (Phi) is 11.1. The summed E-state index contributed by atoms with van der Waals surface area (Å²) in [5.41, 5.74) is 0.972. The van der Waals surface area contributed by atoms with E-state index < -0.39 is 28.5 Å². The number of amides is 2. The lowest BCUT2D eigenvalue weighted by molar-refractivity contribution is -0.140. The van der Waals surface area contributed by atoms with Gasteiger partial charge in [-0.1, -0.05) is 44.0 Å². The second kappa shape index (κ2) is 15.0. The van der Waals surface area contributed by atoms with Gasteiger partial charge in [-0.3, -0.25) is 13.9 Å². The van der Waals surface area contributed by atoms with Gasteiger partial charge in [0, 0.05) is 12.6 Å². The molecular weight excluding hydrogens is 582 g/mol. The van der Waals surface area contributed by atoms with E-state index in [4.69, 9.17) is 14.2 Å². The summed E-state index contributed by atoms with van der Waals surface area (Å²) < 4.78 is 45.3. The Morgan fingerprint density at radius 2 is 1.45 bits per heavy atom. The molecule has 1 N–H and O–H groups in total. The fraction of sp³-hybridized carbons (Fsp3) is 0.394. The summed E-state index contributed by atoms with van der Waals surface area (Å²) in [7, 11) is 0.244. The number of hydrogen-bond acceptors (Lipinski definition) is 7. The minimum Gasteiger partial charge on any atom is -0.497 e. The van der Waals surface area contributed by atoms with E-state index >= 15 is 0 Å². The monoisotopic (exact) mass is 623 g/mol. The zero-order chi connectivity index (χ0) is 31.7. The number of carbonyl (C=O) groups is 2. The molecule has 4 rings (SSSR count). The van der Waals surface area contributed by atoms with Crippen LogP contribution in [0, 0.1) is 0 Å². The molecule has 2 amide bonds. The van der Waals surface area contributed by atoms with Crippen LogP contribution < -0.4 is 23.8 Å². The van der Waals surface area contributed by atoms with Gasteiger partial charge < -0.3 is 24.4 Å². The molecule has 0 aliphatic heterocycles. The molecule has 0 bridgehead atoms. The first-order valence-corrected chi connectivity index (χ1v) is 16.2. The van der Waals surface area contributed by atoms with Crippen molar-refractivity contribution in [1.29, 1.82) is 0 Å². The van der Waals surface area contributed by atoms with Crippen LogP contribution in [0.15, 0.2) is 77.7 Å². The van der Waals surface area contributed by atoms with E-state index in [0.29, 0.717) is 17.9 Å². The molecule has 1 aliphatic rings. The van der Waals surface area contributed by atoms with Crippen molar-refractivity contribution in [2.75, 3.05) is 32.2 Å².